The first kappa shape index (κ1) is 60.9. The molecule has 0 aliphatic carbocycles. The number of carboxylic acids is 1. The summed E-state index contributed by atoms with van der Waals surface area (Å²) < 4.78 is 17.0. The second-order valence-corrected chi connectivity index (χ2v) is 25.0. The van der Waals surface area contributed by atoms with Crippen molar-refractivity contribution in [2.24, 2.45) is 21.7 Å². The van der Waals surface area contributed by atoms with E-state index < -0.39 is 5.97 Å². The van der Waals surface area contributed by atoms with E-state index in [2.05, 4.69) is 122 Å². The average Bonchev–Trinajstić information content (AvgIpc) is 3.99. The number of thiophene rings is 4. The van der Waals surface area contributed by atoms with Gasteiger partial charge in [-0.1, -0.05) is 35.5 Å². The summed E-state index contributed by atoms with van der Waals surface area (Å²) in [4.78, 5) is 49.5. The minimum atomic E-state index is -0.881. The summed E-state index contributed by atoms with van der Waals surface area (Å²) in [7, 11) is 1.39. The second kappa shape index (κ2) is 28.8. The summed E-state index contributed by atoms with van der Waals surface area (Å²) in [5.74, 6) is 19.4. The highest BCUT2D eigenvalue weighted by atomic mass is 127. The van der Waals surface area contributed by atoms with Gasteiger partial charge < -0.3 is 19.3 Å². The topological polar surface area (TPSA) is 116 Å². The third-order valence-corrected chi connectivity index (χ3v) is 13.3. The van der Waals surface area contributed by atoms with Crippen LogP contribution < -0.4 is 0 Å². The Morgan fingerprint density at radius 2 is 0.984 bits per heavy atom. The van der Waals surface area contributed by atoms with Gasteiger partial charge in [-0.05, 0) is 194 Å². The number of rotatable bonds is 6. The molecule has 0 saturated heterocycles. The van der Waals surface area contributed by atoms with Crippen LogP contribution in [0.4, 0.5) is 0 Å². The van der Waals surface area contributed by atoms with E-state index in [0.29, 0.717) is 32.7 Å². The van der Waals surface area contributed by atoms with Gasteiger partial charge in [0.1, 0.15) is 19.5 Å². The van der Waals surface area contributed by atoms with Crippen LogP contribution in [0, 0.1) is 76.7 Å². The molecule has 0 saturated carbocycles. The van der Waals surface area contributed by atoms with Crippen molar-refractivity contribution in [3.8, 4) is 47.9 Å². The van der Waals surface area contributed by atoms with E-state index in [0.717, 1.165) is 25.6 Å². The van der Waals surface area contributed by atoms with Crippen molar-refractivity contribution in [3.05, 3.63) is 81.5 Å². The monoisotopic (exact) mass is 1230 g/mol. The van der Waals surface area contributed by atoms with Gasteiger partial charge in [0.25, 0.3) is 0 Å². The lowest BCUT2D eigenvalue weighted by Gasteiger charge is -2.06. The molecule has 4 aromatic rings. The molecule has 0 fully saturated rings. The molecule has 64 heavy (non-hydrogen) atoms. The quantitative estimate of drug-likeness (QED) is 0.0878. The minimum Gasteiger partial charge on any atom is -0.477 e. The summed E-state index contributed by atoms with van der Waals surface area (Å²) in [5.41, 5.74) is -0.0340. The maximum absolute atomic E-state index is 11.4. The highest BCUT2D eigenvalue weighted by Crippen LogP contribution is 2.26. The number of halogens is 3. The van der Waals surface area contributed by atoms with Gasteiger partial charge in [0.2, 0.25) is 0 Å². The minimum absolute atomic E-state index is 0.0198. The van der Waals surface area contributed by atoms with Crippen molar-refractivity contribution in [3.63, 3.8) is 0 Å². The first-order valence-corrected chi connectivity index (χ1v) is 25.7. The molecule has 4 aromatic heterocycles. The van der Waals surface area contributed by atoms with Gasteiger partial charge in [0.15, 0.2) is 0 Å². The van der Waals surface area contributed by atoms with Gasteiger partial charge >= 0.3 is 23.9 Å². The van der Waals surface area contributed by atoms with Gasteiger partial charge in [-0.25, -0.2) is 19.2 Å². The van der Waals surface area contributed by atoms with Crippen LogP contribution in [0.15, 0.2) is 40.2 Å². The van der Waals surface area contributed by atoms with Crippen molar-refractivity contribution in [1.29, 1.82) is 0 Å². The van der Waals surface area contributed by atoms with Crippen molar-refractivity contribution in [2.75, 3.05) is 20.3 Å². The SMILES string of the molecule is C#CC(C)(C)C.CC(C)(C)C#Cc1cc(I)c(C(=O)O)s1.CCOC(=O)c1ccc(Br)s1.CCOC(=O)c1ccc(C#CC(C)(C)C)s1.COC(=O)c1sc(C#CC(C)(C)C)cc1I. The van der Waals surface area contributed by atoms with E-state index in [-0.39, 0.29) is 39.6 Å². The van der Waals surface area contributed by atoms with Crippen LogP contribution in [0.25, 0.3) is 0 Å². The number of carbonyl (C=O) groups excluding carboxylic acids is 3. The molecule has 346 valence electrons. The van der Waals surface area contributed by atoms with Gasteiger partial charge in [-0.15, -0.1) is 57.7 Å². The molecule has 0 atom stereocenters. The van der Waals surface area contributed by atoms with Crippen LogP contribution in [-0.4, -0.2) is 49.3 Å². The number of hydrogen-bond acceptors (Lipinski definition) is 11. The largest absolute Gasteiger partial charge is 0.477 e. The number of terminal acetylenes is 1. The van der Waals surface area contributed by atoms with Crippen molar-refractivity contribution in [1.82, 2.24) is 0 Å². The molecule has 4 heterocycles. The molecule has 0 aromatic carbocycles. The average molecular weight is 1240 g/mol. The molecule has 0 unspecified atom stereocenters. The fourth-order valence-electron chi connectivity index (χ4n) is 3.33. The molecule has 0 bridgehead atoms. The van der Waals surface area contributed by atoms with Crippen LogP contribution in [0.5, 0.6) is 0 Å². The van der Waals surface area contributed by atoms with Crippen LogP contribution in [0.1, 0.15) is 150 Å². The molecule has 1 N–H and O–H groups in total. The maximum atomic E-state index is 11.4. The number of carbonyl (C=O) groups is 4. The van der Waals surface area contributed by atoms with Gasteiger partial charge in [-0.2, -0.15) is 0 Å². The summed E-state index contributed by atoms with van der Waals surface area (Å²) >= 11 is 12.8. The Balaban J connectivity index is 0.000000798. The second-order valence-electron chi connectivity index (χ2n) is 17.0. The summed E-state index contributed by atoms with van der Waals surface area (Å²) in [5, 5.41) is 8.86. The first-order chi connectivity index (χ1) is 29.3. The Labute approximate surface area is 432 Å². The van der Waals surface area contributed by atoms with Crippen molar-refractivity contribution < 1.29 is 38.5 Å². The molecule has 0 aliphatic rings. The summed E-state index contributed by atoms with van der Waals surface area (Å²) in [6, 6.07) is 10.9. The normalized spacial score (nSPS) is 10.4. The lowest BCUT2D eigenvalue weighted by molar-refractivity contribution is 0.0522. The molecule has 0 amide bonds. The number of esters is 3. The van der Waals surface area contributed by atoms with E-state index in [4.69, 9.17) is 25.7 Å². The number of hydrogen-bond donors (Lipinski definition) is 1. The summed E-state index contributed by atoms with van der Waals surface area (Å²) in [6.45, 7) is 28.8. The zero-order valence-corrected chi connectivity index (χ0v) is 48.2. The van der Waals surface area contributed by atoms with Crippen molar-refractivity contribution in [2.45, 2.75) is 96.9 Å². The van der Waals surface area contributed by atoms with Gasteiger partial charge in [0.05, 0.1) is 38.7 Å². The van der Waals surface area contributed by atoms with Crippen LogP contribution in [0.2, 0.25) is 0 Å². The Hall–Kier alpha value is -3.14. The van der Waals surface area contributed by atoms with Crippen molar-refractivity contribution >= 4 is 130 Å². The fraction of sp³-hybridized carbons (Fsp3) is 0.429. The Bertz CT molecular complexity index is 2400. The Kier molecular flexibility index (Phi) is 27.4. The molecule has 0 spiro atoms. The molecular formula is C49H57BrI2O8S4. The number of aromatic carboxylic acids is 1. The highest BCUT2D eigenvalue weighted by Gasteiger charge is 2.16. The van der Waals surface area contributed by atoms with E-state index in [1.165, 1.54) is 52.5 Å². The lowest BCUT2D eigenvalue weighted by Crippen LogP contribution is -2.01. The molecule has 0 aliphatic heterocycles. The maximum Gasteiger partial charge on any atom is 0.349 e. The highest BCUT2D eigenvalue weighted by molar-refractivity contribution is 14.1. The molecule has 8 nitrogen and oxygen atoms in total. The van der Waals surface area contributed by atoms with E-state index in [9.17, 15) is 19.2 Å². The Morgan fingerprint density at radius 1 is 0.609 bits per heavy atom. The zero-order valence-electron chi connectivity index (χ0n) is 39.0. The fourth-order valence-corrected chi connectivity index (χ4v) is 9.08. The number of methoxy groups -OCH3 is 1. The van der Waals surface area contributed by atoms with E-state index in [1.54, 1.807) is 26.0 Å². The van der Waals surface area contributed by atoms with E-state index in [1.807, 2.05) is 88.4 Å². The lowest BCUT2D eigenvalue weighted by atomic mass is 9.98. The molecule has 0 radical (unpaired) electrons. The molecular weight excluding hydrogens is 1180 g/mol. The van der Waals surface area contributed by atoms with Crippen LogP contribution in [-0.2, 0) is 14.2 Å². The van der Waals surface area contributed by atoms with Gasteiger partial charge in [0, 0.05) is 28.8 Å². The molecule has 4 rings (SSSR count). The van der Waals surface area contributed by atoms with Gasteiger partial charge in [-0.3, -0.25) is 0 Å². The standard InChI is InChI=1S/C13H16O2S.C12H13IO2S.C11H11IO2S.C7H7BrO2S.C6H10/c1-5-15-12(14)11-7-6-10(16-11)8-9-13(2,3)4;1-12(2,3)6-5-8-7-9(13)10(16-8)11(14)15-4;1-11(2,3)5-4-7-6-8(12)9(15-7)10(13)14;1-2-10-7(9)5-3-4-6(8)11-5;1-5-6(2,3)4/h6-7H,5H2,1-4H3;7H,1-4H3;6H,1-3H3,(H,13,14);3-4H,2H2,1H3;1H,2-4H3. The first-order valence-electron chi connectivity index (χ1n) is 19.5. The predicted molar refractivity (Wildman–Crippen MR) is 288 cm³/mol. The third kappa shape index (κ3) is 28.0. The summed E-state index contributed by atoms with van der Waals surface area (Å²) in [6.07, 6.45) is 5.06. The van der Waals surface area contributed by atoms with E-state index >= 15 is 0 Å². The Morgan fingerprint density at radius 3 is 1.31 bits per heavy atom. The smallest absolute Gasteiger partial charge is 0.349 e. The third-order valence-electron chi connectivity index (χ3n) is 6.19. The molecule has 15 heteroatoms. The van der Waals surface area contributed by atoms with Crippen LogP contribution in [0.3, 0.4) is 0 Å². The number of carboxylic acid groups (broad SMARTS) is 1. The van der Waals surface area contributed by atoms with Crippen LogP contribution >= 0.6 is 106 Å². The predicted octanol–water partition coefficient (Wildman–Crippen LogP) is 14.7. The zero-order chi connectivity index (χ0) is 49.6. The number of ether oxygens (including phenoxy) is 3.